The van der Waals surface area contributed by atoms with E-state index in [0.717, 1.165) is 0 Å². The van der Waals surface area contributed by atoms with Crippen molar-refractivity contribution >= 4 is 17.5 Å². The fourth-order valence-corrected chi connectivity index (χ4v) is 9.35. The molecule has 0 saturated heterocycles. The standard InChI is InChI=1S/C30H46O8/c1-15(25(36)37)10-16(31)13-29(6,38)20-12-22(35)30(7)24-17(32)11-19-26(2,3)21(34)8-9-27(19,4)23(24)18(33)14-28(20,30)5/h15-17,19-21,31-32,34,38H,8-14H2,1-7H3,(H,36,37)/t15?,16?,17?,19?,20?,21?,27-,28+,29-,30-/m0/s1. The Morgan fingerprint density at radius 3 is 2.32 bits per heavy atom. The van der Waals surface area contributed by atoms with Crippen LogP contribution in [0, 0.1) is 39.4 Å². The molecule has 38 heavy (non-hydrogen) atoms. The number of carbonyl (C=O) groups is 3. The van der Waals surface area contributed by atoms with Crippen LogP contribution < -0.4 is 0 Å². The van der Waals surface area contributed by atoms with Crippen molar-refractivity contribution in [3.8, 4) is 0 Å². The smallest absolute Gasteiger partial charge is 0.306 e. The molecular formula is C30H46O8. The number of aliphatic hydroxyl groups excluding tert-OH is 3. The molecule has 8 heteroatoms. The van der Waals surface area contributed by atoms with Crippen LogP contribution in [0.3, 0.4) is 0 Å². The third kappa shape index (κ3) is 3.88. The normalized spacial score (nSPS) is 43.6. The Kier molecular flexibility index (Phi) is 6.92. The highest BCUT2D eigenvalue weighted by molar-refractivity contribution is 6.05. The van der Waals surface area contributed by atoms with Gasteiger partial charge in [-0.25, -0.2) is 0 Å². The molecule has 10 atom stereocenters. The van der Waals surface area contributed by atoms with Crippen LogP contribution in [0.4, 0.5) is 0 Å². The molecular weight excluding hydrogens is 488 g/mol. The Hall–Kier alpha value is -1.61. The van der Waals surface area contributed by atoms with Crippen molar-refractivity contribution in [3.05, 3.63) is 11.1 Å². The van der Waals surface area contributed by atoms with E-state index in [0.29, 0.717) is 30.4 Å². The predicted octanol–water partition coefficient (Wildman–Crippen LogP) is 3.04. The molecule has 0 heterocycles. The molecule has 2 fully saturated rings. The Bertz CT molecular complexity index is 1070. The number of allylic oxidation sites excluding steroid dienone is 1. The second-order valence-electron chi connectivity index (χ2n) is 14.4. The van der Waals surface area contributed by atoms with Crippen LogP contribution in [0.5, 0.6) is 0 Å². The maximum absolute atomic E-state index is 14.1. The van der Waals surface area contributed by atoms with Crippen molar-refractivity contribution in [1.82, 2.24) is 0 Å². The SMILES string of the molecule is CC(CC(O)C[C@](C)(O)C1CC(=O)[C@@]2(C)C3=C(C(=O)C[C@]12C)[C@@]1(C)CCC(O)C(C)(C)C1CC3O)C(=O)O. The van der Waals surface area contributed by atoms with Gasteiger partial charge in [-0.1, -0.05) is 34.6 Å². The number of hydrogen-bond donors (Lipinski definition) is 5. The quantitative estimate of drug-likeness (QED) is 0.349. The van der Waals surface area contributed by atoms with E-state index >= 15 is 0 Å². The van der Waals surface area contributed by atoms with Crippen LogP contribution >= 0.6 is 0 Å². The molecule has 5 N–H and O–H groups in total. The average Bonchev–Trinajstić information content (AvgIpc) is 2.99. The molecule has 0 amide bonds. The molecule has 2 saturated carbocycles. The van der Waals surface area contributed by atoms with E-state index in [-0.39, 0.29) is 43.2 Å². The van der Waals surface area contributed by atoms with Crippen molar-refractivity contribution in [3.63, 3.8) is 0 Å². The lowest BCUT2D eigenvalue weighted by Gasteiger charge is -2.62. The summed E-state index contributed by atoms with van der Waals surface area (Å²) in [5.41, 5.74) is -3.75. The van der Waals surface area contributed by atoms with Gasteiger partial charge in [0.25, 0.3) is 0 Å². The lowest BCUT2D eigenvalue weighted by Crippen LogP contribution is -2.61. The number of aliphatic hydroxyl groups is 4. The number of Topliss-reactive ketones (excluding diaryl/α,β-unsaturated/α-hetero) is 2. The van der Waals surface area contributed by atoms with Crippen LogP contribution in [0.1, 0.15) is 93.4 Å². The van der Waals surface area contributed by atoms with Gasteiger partial charge in [0.15, 0.2) is 5.78 Å². The first kappa shape index (κ1) is 29.4. The van der Waals surface area contributed by atoms with Crippen LogP contribution in [-0.4, -0.2) is 67.0 Å². The minimum absolute atomic E-state index is 0.00232. The van der Waals surface area contributed by atoms with Gasteiger partial charge in [0.05, 0.1) is 35.2 Å². The molecule has 0 aromatic rings. The number of fused-ring (bicyclic) bond motifs is 4. The minimum Gasteiger partial charge on any atom is -0.481 e. The second kappa shape index (κ2) is 8.95. The molecule has 0 bridgehead atoms. The molecule has 8 nitrogen and oxygen atoms in total. The first-order valence-corrected chi connectivity index (χ1v) is 14.1. The van der Waals surface area contributed by atoms with E-state index in [1.807, 2.05) is 34.6 Å². The van der Waals surface area contributed by atoms with Gasteiger partial charge < -0.3 is 25.5 Å². The van der Waals surface area contributed by atoms with Gasteiger partial charge in [-0.15, -0.1) is 0 Å². The molecule has 0 aromatic carbocycles. The number of carboxylic acids is 1. The van der Waals surface area contributed by atoms with E-state index in [4.69, 9.17) is 0 Å². The van der Waals surface area contributed by atoms with Gasteiger partial charge in [-0.2, -0.15) is 0 Å². The van der Waals surface area contributed by atoms with Gasteiger partial charge in [0.2, 0.25) is 0 Å². The zero-order valence-electron chi connectivity index (χ0n) is 23.9. The van der Waals surface area contributed by atoms with Crippen molar-refractivity contribution in [1.29, 1.82) is 0 Å². The van der Waals surface area contributed by atoms with Crippen LogP contribution in [-0.2, 0) is 14.4 Å². The Balaban J connectivity index is 1.78. The zero-order valence-corrected chi connectivity index (χ0v) is 23.9. The monoisotopic (exact) mass is 534 g/mol. The highest BCUT2D eigenvalue weighted by Gasteiger charge is 2.71. The summed E-state index contributed by atoms with van der Waals surface area (Å²) < 4.78 is 0. The van der Waals surface area contributed by atoms with E-state index in [2.05, 4.69) is 0 Å². The number of hydrogen-bond acceptors (Lipinski definition) is 7. The number of rotatable bonds is 6. The fourth-order valence-electron chi connectivity index (χ4n) is 9.35. The highest BCUT2D eigenvalue weighted by atomic mass is 16.4. The highest BCUT2D eigenvalue weighted by Crippen LogP contribution is 2.71. The van der Waals surface area contributed by atoms with Gasteiger partial charge in [-0.3, -0.25) is 14.4 Å². The molecule has 0 aliphatic heterocycles. The maximum Gasteiger partial charge on any atom is 0.306 e. The van der Waals surface area contributed by atoms with E-state index in [1.54, 1.807) is 6.92 Å². The Morgan fingerprint density at radius 1 is 1.13 bits per heavy atom. The lowest BCUT2D eigenvalue weighted by molar-refractivity contribution is -0.148. The number of carboxylic acid groups (broad SMARTS) is 1. The zero-order chi connectivity index (χ0) is 28.8. The first-order valence-electron chi connectivity index (χ1n) is 14.1. The number of carbonyl (C=O) groups excluding carboxylic acids is 2. The van der Waals surface area contributed by atoms with E-state index < -0.39 is 63.4 Å². The van der Waals surface area contributed by atoms with Crippen molar-refractivity contribution < 1.29 is 39.9 Å². The molecule has 0 aromatic heterocycles. The molecule has 0 radical (unpaired) electrons. The average molecular weight is 535 g/mol. The molecule has 214 valence electrons. The molecule has 0 spiro atoms. The molecule has 4 rings (SSSR count). The van der Waals surface area contributed by atoms with Crippen LogP contribution in [0.15, 0.2) is 11.1 Å². The largest absolute Gasteiger partial charge is 0.481 e. The third-order valence-corrected chi connectivity index (χ3v) is 11.7. The minimum atomic E-state index is -1.54. The summed E-state index contributed by atoms with van der Waals surface area (Å²) in [6.45, 7) is 12.7. The summed E-state index contributed by atoms with van der Waals surface area (Å²) in [5, 5.41) is 54.0. The number of aliphatic carboxylic acids is 1. The van der Waals surface area contributed by atoms with Crippen LogP contribution in [0.25, 0.3) is 0 Å². The second-order valence-corrected chi connectivity index (χ2v) is 14.4. The predicted molar refractivity (Wildman–Crippen MR) is 140 cm³/mol. The molecule has 4 aliphatic carbocycles. The summed E-state index contributed by atoms with van der Waals surface area (Å²) >= 11 is 0. The van der Waals surface area contributed by atoms with Gasteiger partial charge >= 0.3 is 5.97 Å². The first-order chi connectivity index (χ1) is 17.2. The molecule has 6 unspecified atom stereocenters. The van der Waals surface area contributed by atoms with Crippen LogP contribution in [0.2, 0.25) is 0 Å². The van der Waals surface area contributed by atoms with Crippen molar-refractivity contribution in [2.24, 2.45) is 39.4 Å². The van der Waals surface area contributed by atoms with Gasteiger partial charge in [0.1, 0.15) is 5.78 Å². The van der Waals surface area contributed by atoms with E-state index in [9.17, 15) is 39.9 Å². The summed E-state index contributed by atoms with van der Waals surface area (Å²) in [6, 6.07) is 0. The van der Waals surface area contributed by atoms with Gasteiger partial charge in [0, 0.05) is 30.8 Å². The molecule has 4 aliphatic rings. The summed E-state index contributed by atoms with van der Waals surface area (Å²) in [7, 11) is 0. The summed E-state index contributed by atoms with van der Waals surface area (Å²) in [5.74, 6) is -2.87. The van der Waals surface area contributed by atoms with Crippen molar-refractivity contribution in [2.45, 2.75) is 117 Å². The summed E-state index contributed by atoms with van der Waals surface area (Å²) in [6.07, 6.45) is -1.30. The topological polar surface area (TPSA) is 152 Å². The van der Waals surface area contributed by atoms with E-state index in [1.165, 1.54) is 6.92 Å². The lowest BCUT2D eigenvalue weighted by atomic mass is 9.42. The fraction of sp³-hybridized carbons (Fsp3) is 0.833. The third-order valence-electron chi connectivity index (χ3n) is 11.7. The van der Waals surface area contributed by atoms with Crippen molar-refractivity contribution in [2.75, 3.05) is 0 Å². The van der Waals surface area contributed by atoms with Gasteiger partial charge in [-0.05, 0) is 67.3 Å². The Labute approximate surface area is 225 Å². The Morgan fingerprint density at radius 2 is 1.74 bits per heavy atom. The number of ketones is 2. The maximum atomic E-state index is 14.1. The summed E-state index contributed by atoms with van der Waals surface area (Å²) in [4.78, 5) is 39.3.